The second kappa shape index (κ2) is 16.4. The number of nitriles is 4. The van der Waals surface area contributed by atoms with Crippen LogP contribution in [0.4, 0.5) is 0 Å². The third kappa shape index (κ3) is 10.5. The molecular weight excluding hydrogens is 545 g/mol. The normalized spacial score (nSPS) is 17.5. The van der Waals surface area contributed by atoms with Gasteiger partial charge in [0, 0.05) is 0 Å². The van der Waals surface area contributed by atoms with E-state index in [1.807, 2.05) is 88.5 Å². The molecule has 188 valence electrons. The van der Waals surface area contributed by atoms with Crippen molar-refractivity contribution in [2.45, 2.75) is 27.7 Å². The fourth-order valence-electron chi connectivity index (χ4n) is 2.71. The molecule has 2 aliphatic heterocycles. The molecule has 0 saturated carbocycles. The first kappa shape index (κ1) is 30.7. The standard InChI is InChI=1S/C30H24N4S4/c1-21(9-5-7-11-23(3)15-29-35-25(17-31)26(18-32)36-29)13-14-22(2)10-6-8-12-24(4)16-30-37-27(19-33)28(20-34)38-30/h5-16H,1-4H3/b7-5+,8-6+,14-13+,21-9+,22-10+,23-11+,24-12+. The van der Waals surface area contributed by atoms with E-state index in [2.05, 4.69) is 36.4 Å². The first-order chi connectivity index (χ1) is 18.3. The van der Waals surface area contributed by atoms with Gasteiger partial charge >= 0.3 is 0 Å². The van der Waals surface area contributed by atoms with Gasteiger partial charge in [-0.25, -0.2) is 0 Å². The Hall–Kier alpha value is -3.50. The molecule has 0 N–H and O–H groups in total. The van der Waals surface area contributed by atoms with Crippen LogP contribution in [-0.4, -0.2) is 0 Å². The SMILES string of the molecule is C\C(C=C1SC(C#N)=C(C#N)S1)=C/C=C/C=C(C)/C=C/C(C)=C/C=C/C=C(\C)C=C1SC(C#N)=C(C#N)S1. The summed E-state index contributed by atoms with van der Waals surface area (Å²) in [6.07, 6.45) is 24.0. The van der Waals surface area contributed by atoms with Gasteiger partial charge in [-0.2, -0.15) is 21.0 Å². The molecule has 0 atom stereocenters. The van der Waals surface area contributed by atoms with Crippen molar-refractivity contribution in [3.8, 4) is 24.3 Å². The topological polar surface area (TPSA) is 95.2 Å². The van der Waals surface area contributed by atoms with Crippen LogP contribution in [0.25, 0.3) is 0 Å². The number of hydrogen-bond acceptors (Lipinski definition) is 8. The number of thioether (sulfide) groups is 4. The van der Waals surface area contributed by atoms with Crippen molar-refractivity contribution in [1.29, 1.82) is 21.0 Å². The van der Waals surface area contributed by atoms with E-state index < -0.39 is 0 Å². The summed E-state index contributed by atoms with van der Waals surface area (Å²) < 4.78 is 1.86. The molecule has 0 aromatic rings. The van der Waals surface area contributed by atoms with Gasteiger partial charge in [-0.3, -0.25) is 0 Å². The maximum absolute atomic E-state index is 9.08. The maximum atomic E-state index is 9.08. The minimum absolute atomic E-state index is 0.462. The van der Waals surface area contributed by atoms with Crippen molar-refractivity contribution < 1.29 is 0 Å². The van der Waals surface area contributed by atoms with Gasteiger partial charge in [-0.05, 0) is 51.0 Å². The molecule has 38 heavy (non-hydrogen) atoms. The lowest BCUT2D eigenvalue weighted by molar-refractivity contribution is 1.46. The number of rotatable bonds is 8. The summed E-state index contributed by atoms with van der Waals surface area (Å²) in [6.45, 7) is 8.05. The van der Waals surface area contributed by atoms with E-state index in [0.29, 0.717) is 19.6 Å². The van der Waals surface area contributed by atoms with Crippen LogP contribution in [-0.2, 0) is 0 Å². The molecule has 0 saturated heterocycles. The van der Waals surface area contributed by atoms with Crippen LogP contribution in [0.5, 0.6) is 0 Å². The molecular formula is C30H24N4S4. The van der Waals surface area contributed by atoms with Crippen molar-refractivity contribution in [3.63, 3.8) is 0 Å². The van der Waals surface area contributed by atoms with Gasteiger partial charge in [0.05, 0.1) is 8.47 Å². The van der Waals surface area contributed by atoms with Crippen molar-refractivity contribution in [1.82, 2.24) is 0 Å². The fourth-order valence-corrected chi connectivity index (χ4v) is 7.07. The Bertz CT molecular complexity index is 1310. The Morgan fingerprint density at radius 2 is 0.737 bits per heavy atom. The highest BCUT2D eigenvalue weighted by Gasteiger charge is 2.21. The summed E-state index contributed by atoms with van der Waals surface area (Å²) in [5.74, 6) is 0. The Morgan fingerprint density at radius 3 is 1.00 bits per heavy atom. The average Bonchev–Trinajstić information content (AvgIpc) is 3.50. The van der Waals surface area contributed by atoms with Gasteiger partial charge in [0.1, 0.15) is 43.9 Å². The molecule has 4 nitrogen and oxygen atoms in total. The lowest BCUT2D eigenvalue weighted by Crippen LogP contribution is -1.71. The Labute approximate surface area is 242 Å². The van der Waals surface area contributed by atoms with Crippen LogP contribution in [0.3, 0.4) is 0 Å². The van der Waals surface area contributed by atoms with E-state index in [1.165, 1.54) is 47.0 Å². The van der Waals surface area contributed by atoms with Gasteiger partial charge in [-0.15, -0.1) is 0 Å². The van der Waals surface area contributed by atoms with Crippen LogP contribution in [0.15, 0.2) is 123 Å². The smallest absolute Gasteiger partial charge is 0.115 e. The lowest BCUT2D eigenvalue weighted by atomic mass is 10.2. The third-order valence-corrected chi connectivity index (χ3v) is 9.12. The predicted molar refractivity (Wildman–Crippen MR) is 165 cm³/mol. The zero-order chi connectivity index (χ0) is 27.9. The van der Waals surface area contributed by atoms with Crippen LogP contribution < -0.4 is 0 Å². The van der Waals surface area contributed by atoms with E-state index in [4.69, 9.17) is 21.0 Å². The molecule has 0 fully saturated rings. The minimum atomic E-state index is 0.462. The summed E-state index contributed by atoms with van der Waals surface area (Å²) in [7, 11) is 0. The molecule has 0 aromatic carbocycles. The number of hydrogen-bond donors (Lipinski definition) is 0. The van der Waals surface area contributed by atoms with Gasteiger partial charge in [0.25, 0.3) is 0 Å². The molecule has 0 aliphatic carbocycles. The van der Waals surface area contributed by atoms with Crippen LogP contribution >= 0.6 is 47.0 Å². The first-order valence-corrected chi connectivity index (χ1v) is 14.5. The zero-order valence-electron chi connectivity index (χ0n) is 21.4. The highest BCUT2D eigenvalue weighted by Crippen LogP contribution is 2.49. The quantitative estimate of drug-likeness (QED) is 0.267. The Morgan fingerprint density at radius 1 is 0.474 bits per heavy atom. The van der Waals surface area contributed by atoms with Crippen molar-refractivity contribution in [2.75, 3.05) is 0 Å². The third-order valence-electron chi connectivity index (χ3n) is 4.59. The van der Waals surface area contributed by atoms with Gasteiger partial charge in [0.2, 0.25) is 0 Å². The summed E-state index contributed by atoms with van der Waals surface area (Å²) in [6, 6.07) is 8.27. The van der Waals surface area contributed by atoms with Gasteiger partial charge in [-0.1, -0.05) is 119 Å². The highest BCUT2D eigenvalue weighted by atomic mass is 32.2. The summed E-state index contributed by atoms with van der Waals surface area (Å²) in [5, 5.41) is 36.3. The molecule has 0 bridgehead atoms. The second-order valence-corrected chi connectivity index (χ2v) is 12.6. The summed E-state index contributed by atoms with van der Waals surface area (Å²) in [5.41, 5.74) is 4.30. The van der Waals surface area contributed by atoms with Gasteiger partial charge < -0.3 is 0 Å². The summed E-state index contributed by atoms with van der Waals surface area (Å²) in [4.78, 5) is 1.85. The molecule has 0 aromatic heterocycles. The van der Waals surface area contributed by atoms with E-state index >= 15 is 0 Å². The van der Waals surface area contributed by atoms with E-state index in [0.717, 1.165) is 30.8 Å². The van der Waals surface area contributed by atoms with Crippen molar-refractivity contribution in [3.05, 3.63) is 123 Å². The van der Waals surface area contributed by atoms with E-state index in [9.17, 15) is 0 Å². The molecule has 8 heteroatoms. The number of nitrogens with zero attached hydrogens (tertiary/aromatic N) is 4. The monoisotopic (exact) mass is 568 g/mol. The zero-order valence-corrected chi connectivity index (χ0v) is 24.6. The maximum Gasteiger partial charge on any atom is 0.115 e. The van der Waals surface area contributed by atoms with Crippen LogP contribution in [0.2, 0.25) is 0 Å². The second-order valence-electron chi connectivity index (χ2n) is 7.84. The molecule has 2 aliphatic rings. The fraction of sp³-hybridized carbons (Fsp3) is 0.133. The van der Waals surface area contributed by atoms with Crippen LogP contribution in [0.1, 0.15) is 27.7 Å². The van der Waals surface area contributed by atoms with Crippen molar-refractivity contribution >= 4 is 47.0 Å². The largest absolute Gasteiger partial charge is 0.192 e. The van der Waals surface area contributed by atoms with Gasteiger partial charge in [0.15, 0.2) is 0 Å². The Balaban J connectivity index is 1.86. The van der Waals surface area contributed by atoms with Crippen LogP contribution in [0, 0.1) is 45.3 Å². The number of allylic oxidation sites excluding steroid dienone is 20. The summed E-state index contributed by atoms with van der Waals surface area (Å²) >= 11 is 5.35. The highest BCUT2D eigenvalue weighted by molar-refractivity contribution is 8.29. The molecule has 2 rings (SSSR count). The average molecular weight is 569 g/mol. The minimum Gasteiger partial charge on any atom is -0.192 e. The molecule has 2 heterocycles. The molecule has 0 radical (unpaired) electrons. The van der Waals surface area contributed by atoms with E-state index in [-0.39, 0.29) is 0 Å². The molecule has 0 unspecified atom stereocenters. The molecule has 0 spiro atoms. The van der Waals surface area contributed by atoms with E-state index in [1.54, 1.807) is 0 Å². The first-order valence-electron chi connectivity index (χ1n) is 11.2. The predicted octanol–water partition coefficient (Wildman–Crippen LogP) is 9.60. The molecule has 0 amide bonds. The Kier molecular flexibility index (Phi) is 13.2. The lowest BCUT2D eigenvalue weighted by Gasteiger charge is -1.95. The van der Waals surface area contributed by atoms with Crippen molar-refractivity contribution in [2.24, 2.45) is 0 Å².